The number of nitrogens with zero attached hydrogens (tertiary/aromatic N) is 2. The highest BCUT2D eigenvalue weighted by Crippen LogP contribution is 2.29. The van der Waals surface area contributed by atoms with E-state index in [1.165, 1.54) is 24.8 Å². The van der Waals surface area contributed by atoms with E-state index in [0.717, 1.165) is 18.7 Å². The van der Waals surface area contributed by atoms with Gasteiger partial charge < -0.3 is 10.6 Å². The summed E-state index contributed by atoms with van der Waals surface area (Å²) in [6.45, 7) is 1.05. The average Bonchev–Trinajstić information content (AvgIpc) is 2.57. The minimum absolute atomic E-state index is 0.492. The highest BCUT2D eigenvalue weighted by Gasteiger charge is 2.23. The topological polar surface area (TPSA) is 53.0 Å². The number of nitrogen functional groups attached to an aromatic ring is 1. The first-order valence-electron chi connectivity index (χ1n) is 7.88. The fourth-order valence-corrected chi connectivity index (χ4v) is 3.26. The van der Waals surface area contributed by atoms with Crippen molar-refractivity contribution < 1.29 is 0 Å². The maximum atomic E-state index is 9.19. The van der Waals surface area contributed by atoms with Gasteiger partial charge >= 0.3 is 0 Å². The molecule has 22 heavy (non-hydrogen) atoms. The molecule has 3 rings (SSSR count). The lowest BCUT2D eigenvalue weighted by Crippen LogP contribution is -2.41. The molecule has 3 heteroatoms. The van der Waals surface area contributed by atoms with E-state index in [4.69, 9.17) is 5.73 Å². The largest absolute Gasteiger partial charge is 0.398 e. The van der Waals surface area contributed by atoms with Crippen LogP contribution in [0.1, 0.15) is 30.4 Å². The molecule has 0 saturated carbocycles. The molecule has 1 atom stereocenters. The van der Waals surface area contributed by atoms with Crippen LogP contribution in [0.4, 0.5) is 11.4 Å². The van der Waals surface area contributed by atoms with Crippen molar-refractivity contribution in [2.24, 2.45) is 0 Å². The summed E-state index contributed by atoms with van der Waals surface area (Å²) in [4.78, 5) is 2.44. The molecule has 2 N–H and O–H groups in total. The van der Waals surface area contributed by atoms with Gasteiger partial charge in [-0.15, -0.1) is 0 Å². The van der Waals surface area contributed by atoms with E-state index in [9.17, 15) is 5.26 Å². The van der Waals surface area contributed by atoms with Crippen molar-refractivity contribution in [3.63, 3.8) is 0 Å². The Balaban J connectivity index is 1.85. The predicted octanol–water partition coefficient (Wildman–Crippen LogP) is 3.74. The third-order valence-corrected chi connectivity index (χ3v) is 4.43. The molecule has 112 valence electrons. The van der Waals surface area contributed by atoms with Crippen molar-refractivity contribution in [1.29, 1.82) is 5.26 Å². The van der Waals surface area contributed by atoms with Crippen LogP contribution in [0.5, 0.6) is 0 Å². The van der Waals surface area contributed by atoms with Gasteiger partial charge in [0, 0.05) is 24.0 Å². The Labute approximate surface area is 132 Å². The maximum Gasteiger partial charge on any atom is 0.101 e. The van der Waals surface area contributed by atoms with E-state index < -0.39 is 0 Å². The lowest BCUT2D eigenvalue weighted by Gasteiger charge is -2.38. The molecule has 1 saturated heterocycles. The molecule has 3 nitrogen and oxygen atoms in total. The van der Waals surface area contributed by atoms with Crippen LogP contribution in [0.25, 0.3) is 0 Å². The lowest BCUT2D eigenvalue weighted by atomic mass is 9.94. The third-order valence-electron chi connectivity index (χ3n) is 4.43. The normalized spacial score (nSPS) is 18.0. The van der Waals surface area contributed by atoms with Gasteiger partial charge in [-0.05, 0) is 49.4 Å². The highest BCUT2D eigenvalue weighted by molar-refractivity contribution is 5.63. The Morgan fingerprint density at radius 3 is 2.73 bits per heavy atom. The van der Waals surface area contributed by atoms with E-state index in [0.29, 0.717) is 17.3 Å². The molecule has 2 aromatic carbocycles. The summed E-state index contributed by atoms with van der Waals surface area (Å²) in [6.07, 6.45) is 4.72. The first-order valence-corrected chi connectivity index (χ1v) is 7.88. The summed E-state index contributed by atoms with van der Waals surface area (Å²) in [5.74, 6) is 0. The number of piperidine rings is 1. The van der Waals surface area contributed by atoms with Gasteiger partial charge in [0.25, 0.3) is 0 Å². The number of anilines is 2. The number of hydrogen-bond acceptors (Lipinski definition) is 3. The molecule has 0 amide bonds. The van der Waals surface area contributed by atoms with Gasteiger partial charge in [0.1, 0.15) is 6.07 Å². The number of nitrogens with two attached hydrogens (primary N) is 1. The van der Waals surface area contributed by atoms with Gasteiger partial charge in [0.15, 0.2) is 0 Å². The number of nitriles is 1. The molecule has 0 bridgehead atoms. The Morgan fingerprint density at radius 2 is 1.95 bits per heavy atom. The van der Waals surface area contributed by atoms with E-state index in [1.54, 1.807) is 0 Å². The van der Waals surface area contributed by atoms with Crippen molar-refractivity contribution in [3.05, 3.63) is 59.7 Å². The van der Waals surface area contributed by atoms with Crippen LogP contribution in [0.15, 0.2) is 48.5 Å². The summed E-state index contributed by atoms with van der Waals surface area (Å²) < 4.78 is 0. The second-order valence-electron chi connectivity index (χ2n) is 5.92. The van der Waals surface area contributed by atoms with Gasteiger partial charge in [0.05, 0.1) is 5.56 Å². The smallest absolute Gasteiger partial charge is 0.101 e. The summed E-state index contributed by atoms with van der Waals surface area (Å²) in [5, 5.41) is 9.19. The molecule has 1 heterocycles. The van der Waals surface area contributed by atoms with Crippen molar-refractivity contribution in [3.8, 4) is 6.07 Å². The zero-order valence-corrected chi connectivity index (χ0v) is 12.7. The fourth-order valence-electron chi connectivity index (χ4n) is 3.26. The van der Waals surface area contributed by atoms with Crippen LogP contribution in [0.3, 0.4) is 0 Å². The van der Waals surface area contributed by atoms with Crippen LogP contribution in [-0.4, -0.2) is 12.6 Å². The SMILES string of the molecule is N#Cc1cc(N2CCCC[C@@H]2Cc2ccccc2)ccc1N. The Morgan fingerprint density at radius 1 is 1.14 bits per heavy atom. The number of rotatable bonds is 3. The second kappa shape index (κ2) is 6.53. The average molecular weight is 291 g/mol. The maximum absolute atomic E-state index is 9.19. The van der Waals surface area contributed by atoms with Crippen LogP contribution in [0, 0.1) is 11.3 Å². The molecule has 1 fully saturated rings. The molecule has 1 aliphatic heterocycles. The molecule has 0 unspecified atom stereocenters. The molecule has 0 radical (unpaired) electrons. The predicted molar refractivity (Wildman–Crippen MR) is 90.7 cm³/mol. The summed E-state index contributed by atoms with van der Waals surface area (Å²) >= 11 is 0. The minimum atomic E-state index is 0.492. The standard InChI is InChI=1S/C19H21N3/c20-14-16-13-18(9-10-19(16)21)22-11-5-4-8-17(22)12-15-6-2-1-3-7-15/h1-3,6-7,9-10,13,17H,4-5,8,11-12,21H2/t17-/m1/s1. The van der Waals surface area contributed by atoms with Crippen LogP contribution in [-0.2, 0) is 6.42 Å². The van der Waals surface area contributed by atoms with E-state index in [2.05, 4.69) is 41.3 Å². The van der Waals surface area contributed by atoms with E-state index in [1.807, 2.05) is 18.2 Å². The van der Waals surface area contributed by atoms with Gasteiger partial charge in [-0.2, -0.15) is 5.26 Å². The van der Waals surface area contributed by atoms with Crippen LogP contribution < -0.4 is 10.6 Å². The Hall–Kier alpha value is -2.47. The molecule has 1 aliphatic rings. The first kappa shape index (κ1) is 14.5. The molecular weight excluding hydrogens is 270 g/mol. The Kier molecular flexibility index (Phi) is 4.29. The van der Waals surface area contributed by atoms with E-state index in [-0.39, 0.29) is 0 Å². The minimum Gasteiger partial charge on any atom is -0.398 e. The van der Waals surface area contributed by atoms with Gasteiger partial charge in [-0.3, -0.25) is 0 Å². The van der Waals surface area contributed by atoms with Crippen molar-refractivity contribution in [1.82, 2.24) is 0 Å². The van der Waals surface area contributed by atoms with Gasteiger partial charge in [0.2, 0.25) is 0 Å². The summed E-state index contributed by atoms with van der Waals surface area (Å²) in [5.41, 5.74) is 9.46. The summed E-state index contributed by atoms with van der Waals surface area (Å²) in [6, 6.07) is 19.1. The molecular formula is C19H21N3. The van der Waals surface area contributed by atoms with Crippen molar-refractivity contribution in [2.45, 2.75) is 31.7 Å². The fraction of sp³-hybridized carbons (Fsp3) is 0.316. The van der Waals surface area contributed by atoms with Crippen molar-refractivity contribution >= 4 is 11.4 Å². The summed E-state index contributed by atoms with van der Waals surface area (Å²) in [7, 11) is 0. The molecule has 0 aliphatic carbocycles. The molecule has 0 aromatic heterocycles. The van der Waals surface area contributed by atoms with E-state index >= 15 is 0 Å². The van der Waals surface area contributed by atoms with Gasteiger partial charge in [-0.1, -0.05) is 30.3 Å². The highest BCUT2D eigenvalue weighted by atomic mass is 15.2. The molecule has 2 aromatic rings. The van der Waals surface area contributed by atoms with Crippen molar-refractivity contribution in [2.75, 3.05) is 17.2 Å². The van der Waals surface area contributed by atoms with Gasteiger partial charge in [-0.25, -0.2) is 0 Å². The quantitative estimate of drug-likeness (QED) is 0.876. The zero-order valence-electron chi connectivity index (χ0n) is 12.7. The first-order chi connectivity index (χ1) is 10.8. The monoisotopic (exact) mass is 291 g/mol. The zero-order chi connectivity index (χ0) is 15.4. The number of hydrogen-bond donors (Lipinski definition) is 1. The van der Waals surface area contributed by atoms with Crippen LogP contribution >= 0.6 is 0 Å². The number of benzene rings is 2. The van der Waals surface area contributed by atoms with Crippen LogP contribution in [0.2, 0.25) is 0 Å². The third kappa shape index (κ3) is 3.07. The lowest BCUT2D eigenvalue weighted by molar-refractivity contribution is 0.457. The molecule has 0 spiro atoms. The Bertz CT molecular complexity index is 673. The second-order valence-corrected chi connectivity index (χ2v) is 5.92.